The van der Waals surface area contributed by atoms with Crippen LogP contribution in [0.2, 0.25) is 0 Å². The van der Waals surface area contributed by atoms with Crippen molar-refractivity contribution in [2.45, 2.75) is 26.4 Å². The molecule has 0 saturated carbocycles. The largest absolute Gasteiger partial charge is 0.330 e. The number of hydrogen-bond donors (Lipinski definition) is 1. The van der Waals surface area contributed by atoms with E-state index in [-0.39, 0.29) is 5.56 Å². The SMILES string of the molecule is CC#CCn1cnc2[nH]c(=O)n(CCc3ccccc3)c(=O)c21. The van der Waals surface area contributed by atoms with Crippen molar-refractivity contribution in [1.29, 1.82) is 0 Å². The second-order valence-corrected chi connectivity index (χ2v) is 5.12. The molecule has 0 spiro atoms. The van der Waals surface area contributed by atoms with E-state index in [9.17, 15) is 9.59 Å². The Kier molecular flexibility index (Phi) is 4.11. The number of benzene rings is 1. The van der Waals surface area contributed by atoms with Crippen molar-refractivity contribution < 1.29 is 0 Å². The third kappa shape index (κ3) is 2.94. The summed E-state index contributed by atoms with van der Waals surface area (Å²) in [5, 5.41) is 0. The molecule has 3 rings (SSSR count). The predicted octanol–water partition coefficient (Wildman–Crippen LogP) is 1.15. The van der Waals surface area contributed by atoms with Gasteiger partial charge >= 0.3 is 5.69 Å². The maximum atomic E-state index is 12.6. The maximum absolute atomic E-state index is 12.6. The molecule has 0 atom stereocenters. The molecule has 23 heavy (non-hydrogen) atoms. The van der Waals surface area contributed by atoms with E-state index in [1.807, 2.05) is 30.3 Å². The number of aryl methyl sites for hydroxylation is 1. The minimum Gasteiger partial charge on any atom is -0.313 e. The van der Waals surface area contributed by atoms with Gasteiger partial charge in [-0.25, -0.2) is 9.78 Å². The highest BCUT2D eigenvalue weighted by molar-refractivity contribution is 5.69. The molecular formula is C17H16N4O2. The van der Waals surface area contributed by atoms with E-state index in [4.69, 9.17) is 0 Å². The molecule has 2 heterocycles. The Morgan fingerprint density at radius 1 is 1.22 bits per heavy atom. The number of fused-ring (bicyclic) bond motifs is 1. The first-order valence-electron chi connectivity index (χ1n) is 7.32. The average Bonchev–Trinajstić information content (AvgIpc) is 2.96. The topological polar surface area (TPSA) is 72.7 Å². The Morgan fingerprint density at radius 2 is 2.00 bits per heavy atom. The highest BCUT2D eigenvalue weighted by Gasteiger charge is 2.12. The smallest absolute Gasteiger partial charge is 0.313 e. The van der Waals surface area contributed by atoms with Crippen molar-refractivity contribution in [2.24, 2.45) is 0 Å². The Bertz CT molecular complexity index is 1000. The first-order valence-corrected chi connectivity index (χ1v) is 7.32. The van der Waals surface area contributed by atoms with Gasteiger partial charge in [0, 0.05) is 6.54 Å². The van der Waals surface area contributed by atoms with Crippen molar-refractivity contribution in [3.63, 3.8) is 0 Å². The van der Waals surface area contributed by atoms with Crippen LogP contribution in [-0.2, 0) is 19.5 Å². The molecule has 1 N–H and O–H groups in total. The highest BCUT2D eigenvalue weighted by Crippen LogP contribution is 2.04. The Labute approximate surface area is 132 Å². The molecule has 6 heteroatoms. The van der Waals surface area contributed by atoms with Crippen LogP contribution in [0.25, 0.3) is 11.2 Å². The molecule has 0 aliphatic carbocycles. The average molecular weight is 308 g/mol. The first kappa shape index (κ1) is 14.9. The fourth-order valence-electron chi connectivity index (χ4n) is 2.46. The van der Waals surface area contributed by atoms with Gasteiger partial charge in [0.2, 0.25) is 0 Å². The highest BCUT2D eigenvalue weighted by atomic mass is 16.2. The lowest BCUT2D eigenvalue weighted by Gasteiger charge is -2.06. The summed E-state index contributed by atoms with van der Waals surface area (Å²) in [5.41, 5.74) is 0.971. The van der Waals surface area contributed by atoms with Crippen LogP contribution in [0.5, 0.6) is 0 Å². The lowest BCUT2D eigenvalue weighted by Crippen LogP contribution is -2.36. The van der Waals surface area contributed by atoms with Gasteiger partial charge in [0.15, 0.2) is 11.2 Å². The molecule has 116 valence electrons. The monoisotopic (exact) mass is 308 g/mol. The van der Waals surface area contributed by atoms with E-state index in [1.165, 1.54) is 10.9 Å². The number of hydrogen-bond acceptors (Lipinski definition) is 3. The molecule has 0 unspecified atom stereocenters. The summed E-state index contributed by atoms with van der Waals surface area (Å²) in [6, 6.07) is 9.74. The van der Waals surface area contributed by atoms with Crippen LogP contribution in [0.15, 0.2) is 46.2 Å². The zero-order valence-electron chi connectivity index (χ0n) is 12.7. The van der Waals surface area contributed by atoms with Crippen LogP contribution in [-0.4, -0.2) is 19.1 Å². The van der Waals surface area contributed by atoms with Crippen LogP contribution < -0.4 is 11.2 Å². The Balaban J connectivity index is 2.00. The third-order valence-electron chi connectivity index (χ3n) is 3.65. The summed E-state index contributed by atoms with van der Waals surface area (Å²) in [5.74, 6) is 5.68. The molecule has 0 aliphatic rings. The van der Waals surface area contributed by atoms with Gasteiger partial charge in [0.1, 0.15) is 0 Å². The van der Waals surface area contributed by atoms with Gasteiger partial charge < -0.3 is 4.57 Å². The Hall–Kier alpha value is -3.07. The fraction of sp³-hybridized carbons (Fsp3) is 0.235. The van der Waals surface area contributed by atoms with Crippen molar-refractivity contribution in [3.8, 4) is 11.8 Å². The normalized spacial score (nSPS) is 10.5. The molecule has 1 aromatic carbocycles. The summed E-state index contributed by atoms with van der Waals surface area (Å²) in [6.45, 7) is 2.42. The molecule has 0 amide bonds. The van der Waals surface area contributed by atoms with Crippen molar-refractivity contribution in [2.75, 3.05) is 0 Å². The van der Waals surface area contributed by atoms with E-state index in [2.05, 4.69) is 21.8 Å². The van der Waals surface area contributed by atoms with Gasteiger partial charge in [-0.15, -0.1) is 5.92 Å². The molecule has 0 fully saturated rings. The van der Waals surface area contributed by atoms with Crippen molar-refractivity contribution in [3.05, 3.63) is 63.1 Å². The van der Waals surface area contributed by atoms with E-state index in [1.54, 1.807) is 11.5 Å². The summed E-state index contributed by atoms with van der Waals surface area (Å²) >= 11 is 0. The number of aromatic amines is 1. The van der Waals surface area contributed by atoms with Gasteiger partial charge in [-0.05, 0) is 18.9 Å². The fourth-order valence-corrected chi connectivity index (χ4v) is 2.46. The van der Waals surface area contributed by atoms with Crippen LogP contribution in [0, 0.1) is 11.8 Å². The van der Waals surface area contributed by atoms with Crippen LogP contribution in [0.3, 0.4) is 0 Å². The van der Waals surface area contributed by atoms with Crippen LogP contribution >= 0.6 is 0 Å². The minimum absolute atomic E-state index is 0.300. The third-order valence-corrected chi connectivity index (χ3v) is 3.65. The number of rotatable bonds is 4. The standard InChI is InChI=1S/C17H16N4O2/c1-2-3-10-20-12-18-15-14(20)16(22)21(17(23)19-15)11-9-13-7-5-4-6-8-13/h4-8,12H,9-11H2,1H3,(H,19,23). The second kappa shape index (κ2) is 6.36. The van der Waals surface area contributed by atoms with Crippen LogP contribution in [0.4, 0.5) is 0 Å². The lowest BCUT2D eigenvalue weighted by molar-refractivity contribution is 0.632. The molecule has 0 aliphatic heterocycles. The molecule has 3 aromatic rings. The summed E-state index contributed by atoms with van der Waals surface area (Å²) < 4.78 is 2.87. The molecule has 6 nitrogen and oxygen atoms in total. The van der Waals surface area contributed by atoms with E-state index < -0.39 is 5.69 Å². The second-order valence-electron chi connectivity index (χ2n) is 5.12. The van der Waals surface area contributed by atoms with E-state index >= 15 is 0 Å². The van der Waals surface area contributed by atoms with Gasteiger partial charge in [0.05, 0.1) is 12.9 Å². The van der Waals surface area contributed by atoms with Crippen LogP contribution in [0.1, 0.15) is 12.5 Å². The number of imidazole rings is 1. The number of aromatic nitrogens is 4. The summed E-state index contributed by atoms with van der Waals surface area (Å²) in [6.07, 6.45) is 2.13. The quantitative estimate of drug-likeness (QED) is 0.735. The molecular weight excluding hydrogens is 292 g/mol. The number of nitrogens with one attached hydrogen (secondary N) is 1. The Morgan fingerprint density at radius 3 is 2.74 bits per heavy atom. The summed E-state index contributed by atoms with van der Waals surface area (Å²) in [7, 11) is 0. The first-order chi connectivity index (χ1) is 11.2. The van der Waals surface area contributed by atoms with Crippen molar-refractivity contribution in [1.82, 2.24) is 19.1 Å². The van der Waals surface area contributed by atoms with Gasteiger partial charge in [0.25, 0.3) is 5.56 Å². The molecule has 2 aromatic heterocycles. The zero-order valence-corrected chi connectivity index (χ0v) is 12.7. The number of H-pyrrole nitrogens is 1. The lowest BCUT2D eigenvalue weighted by atomic mass is 10.1. The van der Waals surface area contributed by atoms with Gasteiger partial charge in [-0.2, -0.15) is 0 Å². The molecule has 0 saturated heterocycles. The van der Waals surface area contributed by atoms with E-state index in [0.717, 1.165) is 5.56 Å². The minimum atomic E-state index is -0.440. The summed E-state index contributed by atoms with van der Waals surface area (Å²) in [4.78, 5) is 31.5. The maximum Gasteiger partial charge on any atom is 0.330 e. The number of nitrogens with zero attached hydrogens (tertiary/aromatic N) is 3. The van der Waals surface area contributed by atoms with E-state index in [0.29, 0.717) is 30.7 Å². The predicted molar refractivity (Wildman–Crippen MR) is 88.2 cm³/mol. The zero-order chi connectivity index (χ0) is 16.2. The molecule has 0 radical (unpaired) electrons. The van der Waals surface area contributed by atoms with Gasteiger partial charge in [-0.1, -0.05) is 36.3 Å². The molecule has 0 bridgehead atoms. The van der Waals surface area contributed by atoms with Gasteiger partial charge in [-0.3, -0.25) is 14.3 Å². The van der Waals surface area contributed by atoms with Crippen molar-refractivity contribution >= 4 is 11.2 Å².